The van der Waals surface area contributed by atoms with Crippen molar-refractivity contribution in [1.29, 1.82) is 0 Å². The Morgan fingerprint density at radius 1 is 1.41 bits per heavy atom. The lowest BCUT2D eigenvalue weighted by molar-refractivity contribution is 0.0781. The first-order chi connectivity index (χ1) is 7.47. The van der Waals surface area contributed by atoms with Crippen LogP contribution in [0.2, 0.25) is 5.02 Å². The Bertz CT molecular complexity index is 436. The van der Waals surface area contributed by atoms with Gasteiger partial charge in [-0.3, -0.25) is 4.79 Å². The van der Waals surface area contributed by atoms with E-state index in [1.54, 1.807) is 0 Å². The molecule has 0 radical (unpaired) electrons. The van der Waals surface area contributed by atoms with Gasteiger partial charge in [-0.1, -0.05) is 11.6 Å². The minimum absolute atomic E-state index is 0. The molecule has 0 saturated heterocycles. The van der Waals surface area contributed by atoms with E-state index in [1.165, 1.54) is 32.4 Å². The molecule has 1 rings (SSSR count). The molecule has 1 N–H and O–H groups in total. The molecular weight excluding hydrogens is 269 g/mol. The van der Waals surface area contributed by atoms with Crippen molar-refractivity contribution in [1.82, 2.24) is 4.90 Å². The predicted octanol–water partition coefficient (Wildman–Crippen LogP) is 2.52. The normalized spacial score (nSPS) is 9.12. The van der Waals surface area contributed by atoms with Gasteiger partial charge in [-0.25, -0.2) is 9.69 Å². The van der Waals surface area contributed by atoms with Crippen molar-refractivity contribution >= 4 is 36.0 Å². The van der Waals surface area contributed by atoms with E-state index in [1.807, 2.05) is 0 Å². The van der Waals surface area contributed by atoms with Crippen LogP contribution in [0.4, 0.5) is 4.79 Å². The van der Waals surface area contributed by atoms with Crippen molar-refractivity contribution < 1.29 is 19.4 Å². The van der Waals surface area contributed by atoms with Gasteiger partial charge in [0.2, 0.25) is 0 Å². The van der Waals surface area contributed by atoms with E-state index in [0.29, 0.717) is 10.6 Å². The molecule has 0 unspecified atom stereocenters. The number of methoxy groups -OCH3 is 1. The second-order valence-electron chi connectivity index (χ2n) is 3.00. The Labute approximate surface area is 109 Å². The fourth-order valence-electron chi connectivity index (χ4n) is 1.08. The van der Waals surface area contributed by atoms with Crippen molar-refractivity contribution in [3.8, 4) is 5.75 Å². The third-order valence-corrected chi connectivity index (χ3v) is 2.29. The van der Waals surface area contributed by atoms with Crippen LogP contribution in [0.1, 0.15) is 10.4 Å². The zero-order valence-electron chi connectivity index (χ0n) is 9.14. The van der Waals surface area contributed by atoms with Gasteiger partial charge in [0, 0.05) is 12.6 Å². The number of rotatable bonds is 2. The molecule has 1 aromatic carbocycles. The number of halogens is 2. The third-order valence-electron chi connectivity index (χ3n) is 1.99. The standard InChI is InChI=1S/C10H10ClNO4.ClH/c1-12(10(14)15)9(13)6-3-4-8(16-2)7(11)5-6;/h3-5H,1-2H3,(H,14,15);1H. The number of hydrogen-bond donors (Lipinski definition) is 1. The molecule has 0 aliphatic rings. The third kappa shape index (κ3) is 3.51. The fourth-order valence-corrected chi connectivity index (χ4v) is 1.34. The Hall–Kier alpha value is -1.46. The molecule has 17 heavy (non-hydrogen) atoms. The minimum Gasteiger partial charge on any atom is -0.495 e. The van der Waals surface area contributed by atoms with Crippen LogP contribution in [-0.4, -0.2) is 36.2 Å². The van der Waals surface area contributed by atoms with Gasteiger partial charge in [0.1, 0.15) is 5.75 Å². The summed E-state index contributed by atoms with van der Waals surface area (Å²) in [4.78, 5) is 22.7. The first kappa shape index (κ1) is 15.5. The van der Waals surface area contributed by atoms with Crippen molar-refractivity contribution in [2.24, 2.45) is 0 Å². The first-order valence-corrected chi connectivity index (χ1v) is 4.69. The zero-order valence-corrected chi connectivity index (χ0v) is 10.7. The van der Waals surface area contributed by atoms with E-state index >= 15 is 0 Å². The molecular formula is C10H11Cl2NO4. The van der Waals surface area contributed by atoms with Gasteiger partial charge >= 0.3 is 6.09 Å². The van der Waals surface area contributed by atoms with E-state index in [-0.39, 0.29) is 23.0 Å². The van der Waals surface area contributed by atoms with E-state index in [4.69, 9.17) is 21.4 Å². The van der Waals surface area contributed by atoms with Crippen molar-refractivity contribution in [3.63, 3.8) is 0 Å². The smallest absolute Gasteiger partial charge is 0.414 e. The highest BCUT2D eigenvalue weighted by Crippen LogP contribution is 2.25. The van der Waals surface area contributed by atoms with Crippen LogP contribution in [0.15, 0.2) is 18.2 Å². The Morgan fingerprint density at radius 3 is 2.41 bits per heavy atom. The number of carboxylic acid groups (broad SMARTS) is 1. The zero-order chi connectivity index (χ0) is 12.3. The number of benzene rings is 1. The number of carbonyl (C=O) groups is 2. The lowest BCUT2D eigenvalue weighted by Gasteiger charge is -2.11. The molecule has 2 amide bonds. The molecule has 94 valence electrons. The van der Waals surface area contributed by atoms with Gasteiger partial charge in [0.25, 0.3) is 5.91 Å². The minimum atomic E-state index is -1.32. The Balaban J connectivity index is 0.00000256. The summed E-state index contributed by atoms with van der Waals surface area (Å²) in [6, 6.07) is 4.32. The summed E-state index contributed by atoms with van der Waals surface area (Å²) in [5, 5.41) is 8.89. The molecule has 0 fully saturated rings. The summed E-state index contributed by atoms with van der Waals surface area (Å²) in [5.41, 5.74) is 0.190. The SMILES string of the molecule is COc1ccc(C(=O)N(C)C(=O)O)cc1Cl.Cl. The van der Waals surface area contributed by atoms with Crippen molar-refractivity contribution in [2.45, 2.75) is 0 Å². The maximum Gasteiger partial charge on any atom is 0.414 e. The molecule has 0 bridgehead atoms. The molecule has 1 aromatic rings. The van der Waals surface area contributed by atoms with Crippen LogP contribution >= 0.6 is 24.0 Å². The summed E-state index contributed by atoms with van der Waals surface area (Å²) in [6.45, 7) is 0. The highest BCUT2D eigenvalue weighted by atomic mass is 35.5. The van der Waals surface area contributed by atoms with E-state index in [0.717, 1.165) is 0 Å². The molecule has 0 aliphatic carbocycles. The molecule has 0 saturated carbocycles. The van der Waals surface area contributed by atoms with Crippen LogP contribution in [0, 0.1) is 0 Å². The summed E-state index contributed by atoms with van der Waals surface area (Å²) in [6.07, 6.45) is -1.32. The van der Waals surface area contributed by atoms with E-state index < -0.39 is 12.0 Å². The Morgan fingerprint density at radius 2 is 2.00 bits per heavy atom. The number of carbonyl (C=O) groups excluding carboxylic acids is 1. The van der Waals surface area contributed by atoms with E-state index in [9.17, 15) is 9.59 Å². The first-order valence-electron chi connectivity index (χ1n) is 4.32. The van der Waals surface area contributed by atoms with Gasteiger partial charge < -0.3 is 9.84 Å². The van der Waals surface area contributed by atoms with Crippen molar-refractivity contribution in [2.75, 3.05) is 14.2 Å². The largest absolute Gasteiger partial charge is 0.495 e. The molecule has 0 atom stereocenters. The molecule has 0 heterocycles. The number of imide groups is 1. The van der Waals surface area contributed by atoms with Gasteiger partial charge in [0.15, 0.2) is 0 Å². The number of ether oxygens (including phenoxy) is 1. The quantitative estimate of drug-likeness (QED) is 0.903. The van der Waals surface area contributed by atoms with Gasteiger partial charge in [-0.15, -0.1) is 12.4 Å². The maximum atomic E-state index is 11.6. The monoisotopic (exact) mass is 279 g/mol. The lowest BCUT2D eigenvalue weighted by Crippen LogP contribution is -2.31. The van der Waals surface area contributed by atoms with Crippen LogP contribution in [0.5, 0.6) is 5.75 Å². The predicted molar refractivity (Wildman–Crippen MR) is 65.4 cm³/mol. The van der Waals surface area contributed by atoms with Crippen LogP contribution in [0.3, 0.4) is 0 Å². The Kier molecular flexibility index (Phi) is 5.78. The second-order valence-corrected chi connectivity index (χ2v) is 3.40. The van der Waals surface area contributed by atoms with Crippen LogP contribution in [0.25, 0.3) is 0 Å². The fraction of sp³-hybridized carbons (Fsp3) is 0.200. The number of amides is 2. The highest BCUT2D eigenvalue weighted by molar-refractivity contribution is 6.32. The lowest BCUT2D eigenvalue weighted by atomic mass is 10.2. The summed E-state index contributed by atoms with van der Waals surface area (Å²) in [5.74, 6) is -0.215. The molecule has 0 aromatic heterocycles. The van der Waals surface area contributed by atoms with Gasteiger partial charge in [-0.05, 0) is 18.2 Å². The molecule has 0 spiro atoms. The molecule has 7 heteroatoms. The highest BCUT2D eigenvalue weighted by Gasteiger charge is 2.18. The molecule has 0 aliphatic heterocycles. The average Bonchev–Trinajstić information content (AvgIpc) is 2.26. The van der Waals surface area contributed by atoms with Crippen LogP contribution in [-0.2, 0) is 0 Å². The summed E-state index contributed by atoms with van der Waals surface area (Å²) < 4.78 is 4.91. The van der Waals surface area contributed by atoms with Crippen LogP contribution < -0.4 is 4.74 Å². The number of nitrogens with zero attached hydrogens (tertiary/aromatic N) is 1. The average molecular weight is 280 g/mol. The van der Waals surface area contributed by atoms with Crippen molar-refractivity contribution in [3.05, 3.63) is 28.8 Å². The molecule has 5 nitrogen and oxygen atoms in total. The van der Waals surface area contributed by atoms with Gasteiger partial charge in [-0.2, -0.15) is 0 Å². The topological polar surface area (TPSA) is 66.8 Å². The number of hydrogen-bond acceptors (Lipinski definition) is 3. The van der Waals surface area contributed by atoms with E-state index in [2.05, 4.69) is 0 Å². The van der Waals surface area contributed by atoms with Gasteiger partial charge in [0.05, 0.1) is 12.1 Å². The summed E-state index contributed by atoms with van der Waals surface area (Å²) in [7, 11) is 2.62. The summed E-state index contributed by atoms with van der Waals surface area (Å²) >= 11 is 5.81. The second kappa shape index (κ2) is 6.32. The maximum absolute atomic E-state index is 11.6.